The summed E-state index contributed by atoms with van der Waals surface area (Å²) in [5, 5.41) is 3.99. The Balaban J connectivity index is 1.78. The largest absolute Gasteiger partial charge is 0.458 e. The Labute approximate surface area is 158 Å². The molecule has 26 heavy (non-hydrogen) atoms. The van der Waals surface area contributed by atoms with Crippen LogP contribution >= 0.6 is 0 Å². The first-order valence-corrected chi connectivity index (χ1v) is 10.1. The molecule has 0 bridgehead atoms. The van der Waals surface area contributed by atoms with Gasteiger partial charge in [0, 0.05) is 14.2 Å². The van der Waals surface area contributed by atoms with E-state index in [0.717, 1.165) is 44.1 Å². The van der Waals surface area contributed by atoms with Crippen molar-refractivity contribution in [1.29, 1.82) is 0 Å². The monoisotopic (exact) mass is 367 g/mol. The number of hydrogen-bond acceptors (Lipinski definition) is 6. The predicted molar refractivity (Wildman–Crippen MR) is 101 cm³/mol. The van der Waals surface area contributed by atoms with Gasteiger partial charge in [-0.2, -0.15) is 0 Å². The molecule has 0 aromatic carbocycles. The van der Waals surface area contributed by atoms with Gasteiger partial charge >= 0.3 is 7.12 Å². The summed E-state index contributed by atoms with van der Waals surface area (Å²) >= 11 is 0. The van der Waals surface area contributed by atoms with Crippen LogP contribution in [0.3, 0.4) is 0 Å². The van der Waals surface area contributed by atoms with Crippen LogP contribution in [-0.2, 0) is 23.6 Å². The van der Waals surface area contributed by atoms with Crippen molar-refractivity contribution in [2.24, 2.45) is 5.16 Å². The molecule has 148 valence electrons. The zero-order valence-corrected chi connectivity index (χ0v) is 16.8. The fourth-order valence-corrected chi connectivity index (χ4v) is 5.12. The molecule has 0 N–H and O–H groups in total. The molecule has 1 heterocycles. The van der Waals surface area contributed by atoms with Crippen molar-refractivity contribution in [2.45, 2.75) is 94.4 Å². The maximum atomic E-state index is 6.50. The van der Waals surface area contributed by atoms with Gasteiger partial charge in [0.25, 0.3) is 0 Å². The number of nitrogens with zero attached hydrogens (tertiary/aromatic N) is 1. The Kier molecular flexibility index (Phi) is 6.65. The topological polar surface area (TPSA) is 58.5 Å². The molecule has 3 rings (SSSR count). The summed E-state index contributed by atoms with van der Waals surface area (Å²) in [7, 11) is 4.97. The highest BCUT2D eigenvalue weighted by atomic mass is 16.7. The van der Waals surface area contributed by atoms with Crippen molar-refractivity contribution in [3.63, 3.8) is 0 Å². The number of oxime groups is 1. The van der Waals surface area contributed by atoms with Crippen LogP contribution in [0.2, 0.25) is 6.32 Å². The van der Waals surface area contributed by atoms with Crippen LogP contribution in [0.1, 0.15) is 64.7 Å². The lowest BCUT2D eigenvalue weighted by molar-refractivity contribution is -0.153. The van der Waals surface area contributed by atoms with Crippen molar-refractivity contribution in [3.8, 4) is 0 Å². The van der Waals surface area contributed by atoms with E-state index in [4.69, 9.17) is 23.6 Å². The van der Waals surface area contributed by atoms with Gasteiger partial charge in [-0.3, -0.25) is 0 Å². The van der Waals surface area contributed by atoms with E-state index >= 15 is 0 Å². The molecular weight excluding hydrogens is 333 g/mol. The average Bonchev–Trinajstić information content (AvgIpc) is 3.39. The molecule has 0 amide bonds. The minimum Gasteiger partial charge on any atom is -0.403 e. The molecule has 2 saturated carbocycles. The fourth-order valence-electron chi connectivity index (χ4n) is 5.12. The summed E-state index contributed by atoms with van der Waals surface area (Å²) in [6, 6.07) is 0. The van der Waals surface area contributed by atoms with Gasteiger partial charge < -0.3 is 23.6 Å². The molecule has 7 heteroatoms. The second-order valence-electron chi connectivity index (χ2n) is 8.04. The molecule has 6 nitrogen and oxygen atoms in total. The summed E-state index contributed by atoms with van der Waals surface area (Å²) in [4.78, 5) is 4.86. The van der Waals surface area contributed by atoms with E-state index in [1.165, 1.54) is 25.7 Å². The van der Waals surface area contributed by atoms with Crippen LogP contribution in [0, 0.1) is 0 Å². The second-order valence-corrected chi connectivity index (χ2v) is 8.04. The molecule has 1 saturated heterocycles. The molecule has 3 fully saturated rings. The highest BCUT2D eigenvalue weighted by Crippen LogP contribution is 2.48. The van der Waals surface area contributed by atoms with E-state index in [0.29, 0.717) is 0 Å². The summed E-state index contributed by atoms with van der Waals surface area (Å²) in [6.45, 7) is 1.97. The van der Waals surface area contributed by atoms with Crippen molar-refractivity contribution >= 4 is 12.8 Å². The molecule has 0 aromatic heterocycles. The zero-order chi connectivity index (χ0) is 18.6. The van der Waals surface area contributed by atoms with E-state index < -0.39 is 0 Å². The van der Waals surface area contributed by atoms with E-state index in [-0.39, 0.29) is 30.5 Å². The Morgan fingerprint density at radius 2 is 1.38 bits per heavy atom. The van der Waals surface area contributed by atoms with Gasteiger partial charge in [0.2, 0.25) is 0 Å². The maximum absolute atomic E-state index is 6.50. The van der Waals surface area contributed by atoms with Gasteiger partial charge in [0.1, 0.15) is 7.11 Å². The first-order chi connectivity index (χ1) is 12.6. The molecule has 1 aliphatic heterocycles. The van der Waals surface area contributed by atoms with E-state index in [2.05, 4.69) is 5.16 Å². The maximum Gasteiger partial charge on any atom is 0.458 e. The lowest BCUT2D eigenvalue weighted by Gasteiger charge is -2.43. The van der Waals surface area contributed by atoms with E-state index in [1.54, 1.807) is 7.11 Å². The molecule has 0 aromatic rings. The number of hydrogen-bond donors (Lipinski definition) is 0. The Morgan fingerprint density at radius 3 is 1.77 bits per heavy atom. The lowest BCUT2D eigenvalue weighted by Crippen LogP contribution is -2.56. The highest BCUT2D eigenvalue weighted by Gasteiger charge is 2.59. The Morgan fingerprint density at radius 1 is 0.923 bits per heavy atom. The van der Waals surface area contributed by atoms with Crippen LogP contribution in [-0.4, -0.2) is 57.6 Å². The van der Waals surface area contributed by atoms with Gasteiger partial charge in [-0.15, -0.1) is 0 Å². The first-order valence-electron chi connectivity index (χ1n) is 10.1. The van der Waals surface area contributed by atoms with Crippen molar-refractivity contribution < 1.29 is 23.6 Å². The summed E-state index contributed by atoms with van der Waals surface area (Å²) in [6.07, 6.45) is 10.3. The second kappa shape index (κ2) is 8.59. The highest BCUT2D eigenvalue weighted by molar-refractivity contribution is 6.45. The lowest BCUT2D eigenvalue weighted by atomic mass is 9.81. The molecule has 3 aliphatic rings. The average molecular weight is 367 g/mol. The van der Waals surface area contributed by atoms with Gasteiger partial charge in [0.05, 0.1) is 29.1 Å². The van der Waals surface area contributed by atoms with Crippen LogP contribution in [0.4, 0.5) is 0 Å². The minimum atomic E-state index is -0.247. The molecule has 2 atom stereocenters. The SMILES string of the molecule is CO/N=C(/C)CCB1O[C@H](C2(OC)CCCC2)[C@@H](C2(OC)CCCC2)O1. The summed E-state index contributed by atoms with van der Waals surface area (Å²) in [5.74, 6) is 0. The third kappa shape index (κ3) is 3.82. The van der Waals surface area contributed by atoms with E-state index in [1.807, 2.05) is 21.1 Å². The third-order valence-corrected chi connectivity index (χ3v) is 6.61. The van der Waals surface area contributed by atoms with Gasteiger partial charge in [0.15, 0.2) is 0 Å². The zero-order valence-electron chi connectivity index (χ0n) is 16.8. The smallest absolute Gasteiger partial charge is 0.403 e. The Bertz CT molecular complexity index is 456. The molecule has 0 unspecified atom stereocenters. The number of rotatable bonds is 8. The van der Waals surface area contributed by atoms with Crippen molar-refractivity contribution in [2.75, 3.05) is 21.3 Å². The van der Waals surface area contributed by atoms with E-state index in [9.17, 15) is 0 Å². The van der Waals surface area contributed by atoms with Crippen molar-refractivity contribution in [3.05, 3.63) is 0 Å². The molecular formula is C19H34BNO5. The third-order valence-electron chi connectivity index (χ3n) is 6.61. The normalized spacial score (nSPS) is 30.9. The molecule has 0 radical (unpaired) electrons. The van der Waals surface area contributed by atoms with Crippen LogP contribution in [0.25, 0.3) is 0 Å². The molecule has 2 aliphatic carbocycles. The Hall–Kier alpha value is -0.625. The van der Waals surface area contributed by atoms with Crippen LogP contribution < -0.4 is 0 Å². The van der Waals surface area contributed by atoms with Gasteiger partial charge in [-0.05, 0) is 45.3 Å². The van der Waals surface area contributed by atoms with Gasteiger partial charge in [-0.1, -0.05) is 30.8 Å². The fraction of sp³-hybridized carbons (Fsp3) is 0.947. The quantitative estimate of drug-likeness (QED) is 0.373. The van der Waals surface area contributed by atoms with Crippen LogP contribution in [0.5, 0.6) is 0 Å². The summed E-state index contributed by atoms with van der Waals surface area (Å²) < 4.78 is 25.1. The predicted octanol–water partition coefficient (Wildman–Crippen LogP) is 3.59. The summed E-state index contributed by atoms with van der Waals surface area (Å²) in [5.41, 5.74) is 0.455. The standard InChI is InChI=1S/C19H34BNO5/c1-15(21-24-4)9-14-20-25-16(18(22-2)10-5-6-11-18)17(26-20)19(23-3)12-7-8-13-19/h16-17H,5-14H2,1-4H3/b21-15-/t16-,17-/m0/s1. The number of ether oxygens (including phenoxy) is 2. The van der Waals surface area contributed by atoms with Gasteiger partial charge in [-0.25, -0.2) is 0 Å². The first kappa shape index (κ1) is 20.1. The molecule has 0 spiro atoms. The van der Waals surface area contributed by atoms with Crippen LogP contribution in [0.15, 0.2) is 5.16 Å². The minimum absolute atomic E-state index is 0.0716. The van der Waals surface area contributed by atoms with Crippen molar-refractivity contribution in [1.82, 2.24) is 0 Å². The number of methoxy groups -OCH3 is 2.